The summed E-state index contributed by atoms with van der Waals surface area (Å²) in [6, 6.07) is 16.7. The molecule has 1 fully saturated rings. The van der Waals surface area contributed by atoms with Crippen molar-refractivity contribution in [2.45, 2.75) is 26.2 Å². The SMILES string of the molecule is Cc1nonc1CC(=O)N1CCC[C@H](C(=O)c2ccc(Oc3ccccc3)cc2)C1. The van der Waals surface area contributed by atoms with Gasteiger partial charge >= 0.3 is 0 Å². The van der Waals surface area contributed by atoms with E-state index in [0.29, 0.717) is 35.8 Å². The molecule has 30 heavy (non-hydrogen) atoms. The second-order valence-electron chi connectivity index (χ2n) is 7.46. The van der Waals surface area contributed by atoms with Crippen LogP contribution in [0.3, 0.4) is 0 Å². The average Bonchev–Trinajstić information content (AvgIpc) is 3.19. The van der Waals surface area contributed by atoms with E-state index >= 15 is 0 Å². The number of hydrogen-bond donors (Lipinski definition) is 0. The molecule has 4 rings (SSSR count). The first-order valence-corrected chi connectivity index (χ1v) is 10.0. The zero-order valence-electron chi connectivity index (χ0n) is 16.8. The fourth-order valence-corrected chi connectivity index (χ4v) is 3.63. The molecule has 2 heterocycles. The van der Waals surface area contributed by atoms with Gasteiger partial charge < -0.3 is 9.64 Å². The number of para-hydroxylation sites is 1. The third-order valence-corrected chi connectivity index (χ3v) is 5.33. The summed E-state index contributed by atoms with van der Waals surface area (Å²) < 4.78 is 10.4. The predicted octanol–water partition coefficient (Wildman–Crippen LogP) is 3.83. The summed E-state index contributed by atoms with van der Waals surface area (Å²) >= 11 is 0. The predicted molar refractivity (Wildman–Crippen MR) is 109 cm³/mol. The number of nitrogens with zero attached hydrogens (tertiary/aromatic N) is 3. The van der Waals surface area contributed by atoms with Gasteiger partial charge in [0.1, 0.15) is 22.9 Å². The molecule has 1 saturated heterocycles. The van der Waals surface area contributed by atoms with Gasteiger partial charge in [0.25, 0.3) is 0 Å². The van der Waals surface area contributed by atoms with Crippen LogP contribution in [0.2, 0.25) is 0 Å². The van der Waals surface area contributed by atoms with Gasteiger partial charge in [-0.1, -0.05) is 28.5 Å². The zero-order valence-corrected chi connectivity index (χ0v) is 16.8. The number of aromatic nitrogens is 2. The molecule has 3 aromatic rings. The van der Waals surface area contributed by atoms with Gasteiger partial charge in [-0.25, -0.2) is 4.63 Å². The Hall–Kier alpha value is -3.48. The first-order valence-electron chi connectivity index (χ1n) is 10.0. The van der Waals surface area contributed by atoms with Crippen molar-refractivity contribution in [2.24, 2.45) is 5.92 Å². The Morgan fingerprint density at radius 2 is 1.80 bits per heavy atom. The van der Waals surface area contributed by atoms with E-state index in [-0.39, 0.29) is 24.0 Å². The maximum atomic E-state index is 13.0. The van der Waals surface area contributed by atoms with Crippen LogP contribution in [0.15, 0.2) is 59.2 Å². The molecule has 2 aromatic carbocycles. The Balaban J connectivity index is 1.38. The number of piperidine rings is 1. The number of amides is 1. The van der Waals surface area contributed by atoms with Crippen molar-refractivity contribution in [1.29, 1.82) is 0 Å². The molecule has 0 aliphatic carbocycles. The fourth-order valence-electron chi connectivity index (χ4n) is 3.63. The highest BCUT2D eigenvalue weighted by atomic mass is 16.6. The number of likely N-dealkylation sites (tertiary alicyclic amines) is 1. The standard InChI is InChI=1S/C23H23N3O4/c1-16-21(25-30-24-16)14-22(27)26-13-5-6-18(15-26)23(28)17-9-11-20(12-10-17)29-19-7-3-2-4-8-19/h2-4,7-12,18H,5-6,13-15H2,1H3/t18-/m0/s1. The molecule has 1 aromatic heterocycles. The van der Waals surface area contributed by atoms with Crippen molar-refractivity contribution in [1.82, 2.24) is 15.2 Å². The summed E-state index contributed by atoms with van der Waals surface area (Å²) in [5.41, 5.74) is 1.79. The molecule has 1 amide bonds. The summed E-state index contributed by atoms with van der Waals surface area (Å²) in [6.45, 7) is 2.83. The molecule has 7 nitrogen and oxygen atoms in total. The minimum atomic E-state index is -0.208. The van der Waals surface area contributed by atoms with Crippen molar-refractivity contribution in [3.63, 3.8) is 0 Å². The molecule has 1 aliphatic heterocycles. The van der Waals surface area contributed by atoms with Gasteiger partial charge in [0, 0.05) is 24.6 Å². The van der Waals surface area contributed by atoms with Crippen LogP contribution in [-0.2, 0) is 11.2 Å². The minimum Gasteiger partial charge on any atom is -0.457 e. The van der Waals surface area contributed by atoms with Crippen molar-refractivity contribution < 1.29 is 19.0 Å². The molecular formula is C23H23N3O4. The number of rotatable bonds is 6. The van der Waals surface area contributed by atoms with Crippen LogP contribution in [0.25, 0.3) is 0 Å². The highest BCUT2D eigenvalue weighted by Gasteiger charge is 2.29. The van der Waals surface area contributed by atoms with E-state index in [1.807, 2.05) is 30.3 Å². The number of aryl methyl sites for hydroxylation is 1. The van der Waals surface area contributed by atoms with Gasteiger partial charge in [-0.2, -0.15) is 0 Å². The summed E-state index contributed by atoms with van der Waals surface area (Å²) in [6.07, 6.45) is 1.71. The van der Waals surface area contributed by atoms with Crippen molar-refractivity contribution in [3.05, 3.63) is 71.5 Å². The van der Waals surface area contributed by atoms with Crippen LogP contribution >= 0.6 is 0 Å². The molecule has 7 heteroatoms. The monoisotopic (exact) mass is 405 g/mol. The van der Waals surface area contributed by atoms with Crippen LogP contribution in [0, 0.1) is 12.8 Å². The Morgan fingerprint density at radius 1 is 1.07 bits per heavy atom. The first-order chi connectivity index (χ1) is 14.6. The lowest BCUT2D eigenvalue weighted by Crippen LogP contribution is -2.43. The Kier molecular flexibility index (Phi) is 5.88. The van der Waals surface area contributed by atoms with Crippen LogP contribution in [0.4, 0.5) is 0 Å². The summed E-state index contributed by atoms with van der Waals surface area (Å²) in [4.78, 5) is 27.4. The zero-order chi connectivity index (χ0) is 20.9. The highest BCUT2D eigenvalue weighted by molar-refractivity contribution is 5.98. The third-order valence-electron chi connectivity index (χ3n) is 5.33. The lowest BCUT2D eigenvalue weighted by atomic mass is 9.89. The number of Topliss-reactive ketones (excluding diaryl/α,β-unsaturated/α-hetero) is 1. The second-order valence-corrected chi connectivity index (χ2v) is 7.46. The number of hydrogen-bond acceptors (Lipinski definition) is 6. The molecule has 0 N–H and O–H groups in total. The maximum Gasteiger partial charge on any atom is 0.228 e. The maximum absolute atomic E-state index is 13.0. The molecule has 1 atom stereocenters. The third kappa shape index (κ3) is 4.56. The average molecular weight is 405 g/mol. The fraction of sp³-hybridized carbons (Fsp3) is 0.304. The lowest BCUT2D eigenvalue weighted by Gasteiger charge is -2.32. The van der Waals surface area contributed by atoms with Crippen molar-refractivity contribution >= 4 is 11.7 Å². The quantitative estimate of drug-likeness (QED) is 0.580. The lowest BCUT2D eigenvalue weighted by molar-refractivity contribution is -0.132. The van der Waals surface area contributed by atoms with Crippen LogP contribution < -0.4 is 4.74 Å². The van der Waals surface area contributed by atoms with Gasteiger partial charge in [0.15, 0.2) is 5.78 Å². The van der Waals surface area contributed by atoms with Crippen molar-refractivity contribution in [2.75, 3.05) is 13.1 Å². The van der Waals surface area contributed by atoms with E-state index in [2.05, 4.69) is 14.9 Å². The van der Waals surface area contributed by atoms with Gasteiger partial charge in [0.2, 0.25) is 5.91 Å². The van der Waals surface area contributed by atoms with Gasteiger partial charge in [-0.3, -0.25) is 9.59 Å². The van der Waals surface area contributed by atoms with Gasteiger partial charge in [-0.05, 0) is 56.2 Å². The van der Waals surface area contributed by atoms with E-state index in [4.69, 9.17) is 4.74 Å². The molecule has 0 radical (unpaired) electrons. The summed E-state index contributed by atoms with van der Waals surface area (Å²) in [5, 5.41) is 7.49. The number of ketones is 1. The first kappa shape index (κ1) is 19.8. The van der Waals surface area contributed by atoms with Gasteiger partial charge in [-0.15, -0.1) is 0 Å². The van der Waals surface area contributed by atoms with Crippen LogP contribution in [0.5, 0.6) is 11.5 Å². The largest absolute Gasteiger partial charge is 0.457 e. The Bertz CT molecular complexity index is 1010. The minimum absolute atomic E-state index is 0.0537. The number of carbonyl (C=O) groups excluding carboxylic acids is 2. The number of benzene rings is 2. The molecule has 0 spiro atoms. The molecule has 1 aliphatic rings. The number of ether oxygens (including phenoxy) is 1. The normalized spacial score (nSPS) is 16.3. The topological polar surface area (TPSA) is 85.5 Å². The second kappa shape index (κ2) is 8.90. The van der Waals surface area contributed by atoms with E-state index in [9.17, 15) is 9.59 Å². The smallest absolute Gasteiger partial charge is 0.228 e. The molecule has 154 valence electrons. The Labute approximate surface area is 174 Å². The molecular weight excluding hydrogens is 382 g/mol. The molecule has 0 unspecified atom stereocenters. The van der Waals surface area contributed by atoms with Crippen LogP contribution in [0.1, 0.15) is 34.6 Å². The van der Waals surface area contributed by atoms with E-state index in [1.54, 1.807) is 36.1 Å². The number of carbonyl (C=O) groups is 2. The highest BCUT2D eigenvalue weighted by Crippen LogP contribution is 2.25. The van der Waals surface area contributed by atoms with E-state index < -0.39 is 0 Å². The summed E-state index contributed by atoms with van der Waals surface area (Å²) in [7, 11) is 0. The van der Waals surface area contributed by atoms with Crippen LogP contribution in [-0.4, -0.2) is 40.0 Å². The molecule has 0 bridgehead atoms. The Morgan fingerprint density at radius 3 is 2.50 bits per heavy atom. The van der Waals surface area contributed by atoms with Gasteiger partial charge in [0.05, 0.1) is 6.42 Å². The van der Waals surface area contributed by atoms with E-state index in [0.717, 1.165) is 18.6 Å². The molecule has 0 saturated carbocycles. The summed E-state index contributed by atoms with van der Waals surface area (Å²) in [5.74, 6) is 1.21. The van der Waals surface area contributed by atoms with E-state index in [1.165, 1.54) is 0 Å². The van der Waals surface area contributed by atoms with Crippen molar-refractivity contribution in [3.8, 4) is 11.5 Å².